The van der Waals surface area contributed by atoms with Crippen molar-refractivity contribution in [1.82, 2.24) is 15.4 Å². The number of ketones is 1. The largest absolute Gasteiger partial charge is 0.490 e. The third kappa shape index (κ3) is 7.65. The summed E-state index contributed by atoms with van der Waals surface area (Å²) in [4.78, 5) is 35.0. The maximum atomic E-state index is 13.1. The first-order valence-electron chi connectivity index (χ1n) is 12.8. The standard InChI is InChI=1S/C25H32N6O8S2/c1-25(2)18(23(33)31(25)39-41(34,35)36)12-21(32)22(20-14-40-24(27)29-20)30-38-10-9-37-17-5-3-16(4-6-17)19(26)11-15-7-8-28-13-15/h3-6,14-15,18,26,28H,7-13H2,1-2H3,(H2,27,29)(H,34,35,36)/b26-19?,30-22-/t15-,18-/m1/s1. The van der Waals surface area contributed by atoms with E-state index >= 15 is 0 Å². The van der Waals surface area contributed by atoms with Crippen LogP contribution in [0, 0.1) is 17.2 Å². The Kier molecular flexibility index (Phi) is 9.38. The summed E-state index contributed by atoms with van der Waals surface area (Å²) in [5, 5.41) is 17.8. The number of ether oxygens (including phenoxy) is 1. The number of hydrogen-bond donors (Lipinski definition) is 4. The molecule has 0 bridgehead atoms. The highest BCUT2D eigenvalue weighted by atomic mass is 32.3. The number of amides is 1. The summed E-state index contributed by atoms with van der Waals surface area (Å²) in [6.07, 6.45) is 1.47. The Hall–Kier alpha value is -3.44. The predicted octanol–water partition coefficient (Wildman–Crippen LogP) is 1.82. The van der Waals surface area contributed by atoms with Gasteiger partial charge in [-0.15, -0.1) is 15.6 Å². The zero-order chi connectivity index (χ0) is 29.8. The zero-order valence-corrected chi connectivity index (χ0v) is 24.2. The van der Waals surface area contributed by atoms with E-state index in [9.17, 15) is 18.0 Å². The van der Waals surface area contributed by atoms with Gasteiger partial charge in [-0.05, 0) is 75.5 Å². The van der Waals surface area contributed by atoms with Crippen LogP contribution in [0.1, 0.15) is 44.4 Å². The lowest BCUT2D eigenvalue weighted by Gasteiger charge is -2.50. The summed E-state index contributed by atoms with van der Waals surface area (Å²) in [7, 11) is -4.91. The number of nitrogens with zero attached hydrogens (tertiary/aromatic N) is 3. The number of nitrogens with two attached hydrogens (primary N) is 1. The molecule has 2 saturated heterocycles. The molecule has 3 heterocycles. The van der Waals surface area contributed by atoms with Crippen molar-refractivity contribution in [1.29, 1.82) is 5.41 Å². The van der Waals surface area contributed by atoms with E-state index in [1.165, 1.54) is 19.2 Å². The first-order valence-corrected chi connectivity index (χ1v) is 15.1. The third-order valence-corrected chi connectivity index (χ3v) is 7.93. The quantitative estimate of drug-likeness (QED) is 0.0800. The number of hydroxylamine groups is 2. The Morgan fingerprint density at radius 3 is 2.61 bits per heavy atom. The predicted molar refractivity (Wildman–Crippen MR) is 150 cm³/mol. The number of Topliss-reactive ketones (excluding diaryl/α,β-unsaturated/α-hetero) is 1. The topological polar surface area (TPSA) is 207 Å². The molecule has 2 atom stereocenters. The molecule has 1 aromatic carbocycles. The van der Waals surface area contributed by atoms with Crippen molar-refractivity contribution in [2.75, 3.05) is 32.0 Å². The van der Waals surface area contributed by atoms with Gasteiger partial charge in [0.25, 0.3) is 5.91 Å². The Labute approximate surface area is 241 Å². The molecule has 2 fully saturated rings. The van der Waals surface area contributed by atoms with Crippen molar-refractivity contribution >= 4 is 50.0 Å². The molecular formula is C25H32N6O8S2. The number of β-lactam (4-membered cyclic amide) rings is 1. The molecule has 4 rings (SSSR count). The average molecular weight is 609 g/mol. The van der Waals surface area contributed by atoms with Gasteiger partial charge in [0.2, 0.25) is 0 Å². The SMILES string of the molecule is CC1(C)[C@H](CC(=O)/C(=N\OCCOc2ccc(C(=N)C[C@H]3CCNC3)cc2)c2csc(N)n2)C(=O)N1OS(=O)(=O)O. The summed E-state index contributed by atoms with van der Waals surface area (Å²) in [6, 6.07) is 7.24. The number of aromatic nitrogens is 1. The van der Waals surface area contributed by atoms with Crippen LogP contribution in [-0.2, 0) is 29.1 Å². The van der Waals surface area contributed by atoms with Crippen molar-refractivity contribution in [2.45, 2.75) is 38.6 Å². The Bertz CT molecular complexity index is 1420. The van der Waals surface area contributed by atoms with Crippen molar-refractivity contribution in [3.63, 3.8) is 0 Å². The highest BCUT2D eigenvalue weighted by Gasteiger charge is 2.57. The van der Waals surface area contributed by atoms with Crippen molar-refractivity contribution in [3.8, 4) is 5.75 Å². The second-order valence-electron chi connectivity index (χ2n) is 10.2. The van der Waals surface area contributed by atoms with Gasteiger partial charge in [-0.3, -0.25) is 14.1 Å². The van der Waals surface area contributed by atoms with Crippen LogP contribution in [0.3, 0.4) is 0 Å². The molecule has 14 nitrogen and oxygen atoms in total. The molecule has 2 aromatic rings. The summed E-state index contributed by atoms with van der Waals surface area (Å²) >= 11 is 1.09. The minimum atomic E-state index is -4.91. The minimum absolute atomic E-state index is 0.00746. The van der Waals surface area contributed by atoms with Gasteiger partial charge in [-0.25, -0.2) is 4.98 Å². The molecule has 0 saturated carbocycles. The number of benzene rings is 1. The van der Waals surface area contributed by atoms with Gasteiger partial charge in [0.1, 0.15) is 18.1 Å². The van der Waals surface area contributed by atoms with E-state index < -0.39 is 33.5 Å². The molecule has 1 amide bonds. The Morgan fingerprint density at radius 1 is 1.29 bits per heavy atom. The van der Waals surface area contributed by atoms with Crippen LogP contribution in [0.5, 0.6) is 5.75 Å². The lowest BCUT2D eigenvalue weighted by atomic mass is 9.74. The van der Waals surface area contributed by atoms with E-state index in [-0.39, 0.29) is 36.2 Å². The van der Waals surface area contributed by atoms with Crippen LogP contribution < -0.4 is 15.8 Å². The molecule has 2 aliphatic rings. The smallest absolute Gasteiger partial charge is 0.418 e. The van der Waals surface area contributed by atoms with E-state index in [4.69, 9.17) is 25.3 Å². The van der Waals surface area contributed by atoms with Crippen LogP contribution in [0.4, 0.5) is 5.13 Å². The maximum Gasteiger partial charge on any atom is 0.418 e. The normalized spacial score (nSPS) is 20.5. The Balaban J connectivity index is 1.31. The number of nitrogens with one attached hydrogen (secondary N) is 2. The lowest BCUT2D eigenvalue weighted by Crippen LogP contribution is -2.68. The molecule has 16 heteroatoms. The van der Waals surface area contributed by atoms with E-state index in [2.05, 4.69) is 19.7 Å². The average Bonchev–Trinajstić information content (AvgIpc) is 3.59. The molecule has 0 spiro atoms. The van der Waals surface area contributed by atoms with Gasteiger partial charge in [0.15, 0.2) is 23.2 Å². The van der Waals surface area contributed by atoms with Gasteiger partial charge in [-0.2, -0.15) is 13.5 Å². The highest BCUT2D eigenvalue weighted by molar-refractivity contribution is 7.80. The van der Waals surface area contributed by atoms with Crippen LogP contribution in [0.2, 0.25) is 0 Å². The number of hydrogen-bond acceptors (Lipinski definition) is 13. The fourth-order valence-electron chi connectivity index (χ4n) is 4.64. The number of nitrogen functional groups attached to an aromatic ring is 1. The number of carbonyl (C=O) groups excluding carboxylic acids is 2. The number of anilines is 1. The number of carbonyl (C=O) groups is 2. The van der Waals surface area contributed by atoms with Crippen molar-refractivity contribution in [3.05, 3.63) is 40.9 Å². The Morgan fingerprint density at radius 2 is 2.02 bits per heavy atom. The first-order chi connectivity index (χ1) is 19.3. The molecule has 0 radical (unpaired) electrons. The number of oxime groups is 1. The molecule has 41 heavy (non-hydrogen) atoms. The van der Waals surface area contributed by atoms with Crippen molar-refractivity contribution < 1.29 is 36.4 Å². The minimum Gasteiger partial charge on any atom is -0.490 e. The van der Waals surface area contributed by atoms with E-state index in [1.807, 2.05) is 12.1 Å². The lowest BCUT2D eigenvalue weighted by molar-refractivity contribution is -0.228. The summed E-state index contributed by atoms with van der Waals surface area (Å²) in [5.74, 6) is -1.24. The third-order valence-electron chi connectivity index (χ3n) is 6.92. The second-order valence-corrected chi connectivity index (χ2v) is 12.1. The van der Waals surface area contributed by atoms with Crippen LogP contribution in [-0.4, -0.2) is 78.0 Å². The molecule has 5 N–H and O–H groups in total. The molecule has 1 aromatic heterocycles. The fraction of sp³-hybridized carbons (Fsp3) is 0.480. The summed E-state index contributed by atoms with van der Waals surface area (Å²) < 4.78 is 41.0. The van der Waals surface area contributed by atoms with Gasteiger partial charge in [0.05, 0.1) is 11.5 Å². The fourth-order valence-corrected chi connectivity index (χ4v) is 5.64. The summed E-state index contributed by atoms with van der Waals surface area (Å²) in [5.41, 5.74) is 5.96. The number of thiazole rings is 1. The second kappa shape index (κ2) is 12.6. The van der Waals surface area contributed by atoms with E-state index in [0.29, 0.717) is 22.4 Å². The van der Waals surface area contributed by atoms with Crippen molar-refractivity contribution in [2.24, 2.45) is 17.0 Å². The molecule has 0 unspecified atom stereocenters. The van der Waals surface area contributed by atoms with Gasteiger partial charge < -0.3 is 26.0 Å². The van der Waals surface area contributed by atoms with Crippen LogP contribution in [0.25, 0.3) is 0 Å². The van der Waals surface area contributed by atoms with Gasteiger partial charge >= 0.3 is 10.4 Å². The number of rotatable bonds is 14. The first kappa shape index (κ1) is 30.5. The highest BCUT2D eigenvalue weighted by Crippen LogP contribution is 2.40. The molecule has 222 valence electrons. The summed E-state index contributed by atoms with van der Waals surface area (Å²) in [6.45, 7) is 5.03. The molecule has 0 aliphatic carbocycles. The van der Waals surface area contributed by atoms with E-state index in [1.54, 1.807) is 12.1 Å². The van der Waals surface area contributed by atoms with E-state index in [0.717, 1.165) is 42.8 Å². The molecular weight excluding hydrogens is 576 g/mol. The van der Waals surface area contributed by atoms with Crippen LogP contribution in [0.15, 0.2) is 34.8 Å². The van der Waals surface area contributed by atoms with Gasteiger partial charge in [-0.1, -0.05) is 5.16 Å². The maximum absolute atomic E-state index is 13.1. The molecule has 2 aliphatic heterocycles. The zero-order valence-electron chi connectivity index (χ0n) is 22.5. The van der Waals surface area contributed by atoms with Gasteiger partial charge in [0, 0.05) is 17.5 Å². The van der Waals surface area contributed by atoms with Crippen LogP contribution >= 0.6 is 11.3 Å². The monoisotopic (exact) mass is 608 g/mol.